The Bertz CT molecular complexity index is 938. The molecule has 3 aromatic rings. The first-order valence-corrected chi connectivity index (χ1v) is 7.70. The van der Waals surface area contributed by atoms with Crippen LogP contribution in [0, 0.1) is 0 Å². The van der Waals surface area contributed by atoms with Gasteiger partial charge in [0.15, 0.2) is 11.5 Å². The predicted octanol–water partition coefficient (Wildman–Crippen LogP) is 1.22. The summed E-state index contributed by atoms with van der Waals surface area (Å²) >= 11 is 0. The van der Waals surface area contributed by atoms with E-state index in [0.29, 0.717) is 17.3 Å². The maximum absolute atomic E-state index is 12.5. The van der Waals surface area contributed by atoms with Crippen molar-refractivity contribution in [1.29, 1.82) is 0 Å². The van der Waals surface area contributed by atoms with Gasteiger partial charge in [-0.1, -0.05) is 24.8 Å². The Kier molecular flexibility index (Phi) is 4.88. The molecule has 9 nitrogen and oxygen atoms in total. The molecule has 1 aromatic carbocycles. The van der Waals surface area contributed by atoms with E-state index >= 15 is 0 Å². The van der Waals surface area contributed by atoms with E-state index in [1.807, 2.05) is 24.3 Å². The van der Waals surface area contributed by atoms with Crippen LogP contribution in [0.2, 0.25) is 0 Å². The van der Waals surface area contributed by atoms with Gasteiger partial charge in [-0.25, -0.2) is 9.97 Å². The molecule has 0 aliphatic heterocycles. The van der Waals surface area contributed by atoms with Crippen LogP contribution in [0.5, 0.6) is 5.75 Å². The number of hydrogen-bond acceptors (Lipinski definition) is 7. The summed E-state index contributed by atoms with van der Waals surface area (Å²) in [6, 6.07) is 7.39. The van der Waals surface area contributed by atoms with Crippen LogP contribution < -0.4 is 15.8 Å². The molecule has 0 aliphatic carbocycles. The highest BCUT2D eigenvalue weighted by Gasteiger charge is 2.18. The van der Waals surface area contributed by atoms with Gasteiger partial charge in [0.25, 0.3) is 5.91 Å². The van der Waals surface area contributed by atoms with Crippen molar-refractivity contribution >= 4 is 17.8 Å². The number of amides is 1. The quantitative estimate of drug-likeness (QED) is 0.685. The van der Waals surface area contributed by atoms with Crippen LogP contribution >= 0.6 is 0 Å². The highest BCUT2D eigenvalue weighted by atomic mass is 16.5. The van der Waals surface area contributed by atoms with Crippen molar-refractivity contribution in [2.24, 2.45) is 0 Å². The zero-order valence-electron chi connectivity index (χ0n) is 14.1. The molecule has 9 heteroatoms. The Morgan fingerprint density at radius 3 is 2.73 bits per heavy atom. The average Bonchev–Trinajstić information content (AvgIpc) is 3.20. The summed E-state index contributed by atoms with van der Waals surface area (Å²) in [6.07, 6.45) is 4.46. The third-order valence-corrected chi connectivity index (χ3v) is 3.58. The summed E-state index contributed by atoms with van der Waals surface area (Å²) in [7, 11) is 1.57. The third-order valence-electron chi connectivity index (χ3n) is 3.58. The lowest BCUT2D eigenvalue weighted by Crippen LogP contribution is -2.26. The van der Waals surface area contributed by atoms with Crippen LogP contribution in [-0.2, 0) is 6.54 Å². The van der Waals surface area contributed by atoms with Gasteiger partial charge >= 0.3 is 0 Å². The van der Waals surface area contributed by atoms with Crippen molar-refractivity contribution in [3.63, 3.8) is 0 Å². The lowest BCUT2D eigenvalue weighted by atomic mass is 10.2. The number of benzene rings is 1. The zero-order chi connectivity index (χ0) is 18.5. The molecule has 0 atom stereocenters. The smallest absolute Gasteiger partial charge is 0.274 e. The summed E-state index contributed by atoms with van der Waals surface area (Å²) in [6.45, 7) is 3.95. The van der Waals surface area contributed by atoms with Crippen molar-refractivity contribution in [3.8, 4) is 11.6 Å². The molecular formula is C17H17N7O2. The Morgan fingerprint density at radius 1 is 1.31 bits per heavy atom. The van der Waals surface area contributed by atoms with E-state index in [1.54, 1.807) is 7.11 Å². The number of nitrogens with two attached hydrogens (primary N) is 1. The largest absolute Gasteiger partial charge is 0.496 e. The van der Waals surface area contributed by atoms with Gasteiger partial charge in [0.05, 0.1) is 19.5 Å². The first kappa shape index (κ1) is 17.1. The van der Waals surface area contributed by atoms with Crippen LogP contribution in [0.3, 0.4) is 0 Å². The van der Waals surface area contributed by atoms with E-state index in [-0.39, 0.29) is 18.1 Å². The molecule has 3 rings (SSSR count). The van der Waals surface area contributed by atoms with Crippen molar-refractivity contribution in [3.05, 3.63) is 60.2 Å². The van der Waals surface area contributed by atoms with Crippen molar-refractivity contribution in [2.45, 2.75) is 6.54 Å². The lowest BCUT2D eigenvalue weighted by Gasteiger charge is -2.11. The Morgan fingerprint density at radius 2 is 2.04 bits per heavy atom. The summed E-state index contributed by atoms with van der Waals surface area (Å²) < 4.78 is 5.27. The summed E-state index contributed by atoms with van der Waals surface area (Å²) in [4.78, 5) is 22.2. The number of nitrogen functional groups attached to an aromatic ring is 1. The average molecular weight is 351 g/mol. The fourth-order valence-corrected chi connectivity index (χ4v) is 2.34. The molecule has 0 saturated heterocycles. The monoisotopic (exact) mass is 351 g/mol. The molecule has 2 aromatic heterocycles. The third kappa shape index (κ3) is 3.36. The molecule has 26 heavy (non-hydrogen) atoms. The SMILES string of the molecule is C=Cc1nc(C(=O)NCc2ccccc2OC)c(N)nc1-n1nccn1. The molecule has 0 fully saturated rings. The normalized spacial score (nSPS) is 10.3. The molecule has 0 spiro atoms. The number of aromatic nitrogens is 5. The van der Waals surface area contributed by atoms with Gasteiger partial charge in [-0.2, -0.15) is 10.2 Å². The standard InChI is InChI=1S/C17H17N7O2/c1-3-12-16(24-20-8-9-21-24)23-15(18)14(22-12)17(25)19-10-11-6-4-5-7-13(11)26-2/h3-9H,1,10H2,2H3,(H2,18,23)(H,19,25). The van der Waals surface area contributed by atoms with Gasteiger partial charge in [-0.15, -0.1) is 4.80 Å². The zero-order valence-corrected chi connectivity index (χ0v) is 14.1. The molecule has 0 radical (unpaired) electrons. The van der Waals surface area contributed by atoms with E-state index in [1.165, 1.54) is 23.3 Å². The van der Waals surface area contributed by atoms with E-state index in [2.05, 4.69) is 32.1 Å². The van der Waals surface area contributed by atoms with Gasteiger partial charge in [0.2, 0.25) is 5.82 Å². The van der Waals surface area contributed by atoms with Crippen molar-refractivity contribution < 1.29 is 9.53 Å². The number of para-hydroxylation sites is 1. The molecule has 1 amide bonds. The predicted molar refractivity (Wildman–Crippen MR) is 95.6 cm³/mol. The fourth-order valence-electron chi connectivity index (χ4n) is 2.34. The van der Waals surface area contributed by atoms with Gasteiger partial charge < -0.3 is 15.8 Å². The topological polar surface area (TPSA) is 121 Å². The first-order valence-electron chi connectivity index (χ1n) is 7.70. The Hall–Kier alpha value is -3.75. The van der Waals surface area contributed by atoms with E-state index in [0.717, 1.165) is 5.56 Å². The molecule has 2 heterocycles. The number of nitrogens with one attached hydrogen (secondary N) is 1. The van der Waals surface area contributed by atoms with Gasteiger partial charge in [-0.05, 0) is 12.1 Å². The molecule has 0 saturated carbocycles. The highest BCUT2D eigenvalue weighted by molar-refractivity contribution is 5.96. The second-order valence-electron chi connectivity index (χ2n) is 5.18. The molecule has 0 aliphatic rings. The number of methoxy groups -OCH3 is 1. The molecule has 3 N–H and O–H groups in total. The molecule has 0 bridgehead atoms. The van der Waals surface area contributed by atoms with E-state index in [9.17, 15) is 4.79 Å². The Labute approximate surface area is 149 Å². The minimum Gasteiger partial charge on any atom is -0.496 e. The maximum Gasteiger partial charge on any atom is 0.274 e. The molecule has 132 valence electrons. The summed E-state index contributed by atoms with van der Waals surface area (Å²) in [5.41, 5.74) is 7.09. The number of ether oxygens (including phenoxy) is 1. The highest BCUT2D eigenvalue weighted by Crippen LogP contribution is 2.18. The lowest BCUT2D eigenvalue weighted by molar-refractivity contribution is 0.0946. The molecule has 0 unspecified atom stereocenters. The minimum atomic E-state index is -0.455. The van der Waals surface area contributed by atoms with Crippen LogP contribution in [0.4, 0.5) is 5.82 Å². The van der Waals surface area contributed by atoms with Crippen LogP contribution in [-0.4, -0.2) is 38.0 Å². The number of hydrogen-bond donors (Lipinski definition) is 2. The maximum atomic E-state index is 12.5. The number of nitrogens with zero attached hydrogens (tertiary/aromatic N) is 5. The van der Waals surface area contributed by atoms with Crippen LogP contribution in [0.25, 0.3) is 11.9 Å². The second-order valence-corrected chi connectivity index (χ2v) is 5.18. The van der Waals surface area contributed by atoms with Gasteiger partial charge in [0.1, 0.15) is 11.4 Å². The number of anilines is 1. The van der Waals surface area contributed by atoms with Gasteiger partial charge in [0, 0.05) is 12.1 Å². The van der Waals surface area contributed by atoms with E-state index < -0.39 is 5.91 Å². The minimum absolute atomic E-state index is 0.00528. The molecular weight excluding hydrogens is 334 g/mol. The van der Waals surface area contributed by atoms with Crippen LogP contribution in [0.1, 0.15) is 21.7 Å². The van der Waals surface area contributed by atoms with Gasteiger partial charge in [-0.3, -0.25) is 4.79 Å². The van der Waals surface area contributed by atoms with Crippen molar-refractivity contribution in [2.75, 3.05) is 12.8 Å². The summed E-state index contributed by atoms with van der Waals surface area (Å²) in [5.74, 6) is 0.493. The second kappa shape index (κ2) is 7.43. The van der Waals surface area contributed by atoms with Crippen LogP contribution in [0.15, 0.2) is 43.2 Å². The van der Waals surface area contributed by atoms with E-state index in [4.69, 9.17) is 10.5 Å². The summed E-state index contributed by atoms with van der Waals surface area (Å²) in [5, 5.41) is 10.7. The number of rotatable bonds is 6. The first-order chi connectivity index (χ1) is 12.6. The number of carbonyl (C=O) groups is 1. The fraction of sp³-hybridized carbons (Fsp3) is 0.118. The number of carbonyl (C=O) groups excluding carboxylic acids is 1. The van der Waals surface area contributed by atoms with Crippen molar-refractivity contribution in [1.82, 2.24) is 30.3 Å². The Balaban J connectivity index is 1.84.